The van der Waals surface area contributed by atoms with E-state index in [4.69, 9.17) is 0 Å². The molecule has 1 fully saturated rings. The van der Waals surface area contributed by atoms with Gasteiger partial charge in [-0.1, -0.05) is 6.92 Å². The van der Waals surface area contributed by atoms with Crippen LogP contribution >= 0.6 is 0 Å². The zero-order valence-corrected chi connectivity index (χ0v) is 10.8. The van der Waals surface area contributed by atoms with Crippen LogP contribution in [0, 0.1) is 5.92 Å². The number of hydrogen-bond acceptors (Lipinski definition) is 4. The van der Waals surface area contributed by atoms with Crippen LogP contribution in [0.1, 0.15) is 13.3 Å². The van der Waals surface area contributed by atoms with Gasteiger partial charge in [-0.3, -0.25) is 0 Å². The van der Waals surface area contributed by atoms with Gasteiger partial charge >= 0.3 is 0 Å². The molecular weight excluding hydrogens is 226 g/mol. The predicted octanol–water partition coefficient (Wildman–Crippen LogP) is 1.39. The van der Waals surface area contributed by atoms with E-state index in [1.54, 1.807) is 6.33 Å². The van der Waals surface area contributed by atoms with Gasteiger partial charge in [0.25, 0.3) is 0 Å². The molecule has 0 unspecified atom stereocenters. The van der Waals surface area contributed by atoms with Gasteiger partial charge in [0.1, 0.15) is 17.8 Å². The fourth-order valence-corrected chi connectivity index (χ4v) is 2.79. The van der Waals surface area contributed by atoms with Crippen molar-refractivity contribution in [3.05, 3.63) is 18.6 Å². The van der Waals surface area contributed by atoms with Crippen molar-refractivity contribution in [1.82, 2.24) is 20.3 Å². The van der Waals surface area contributed by atoms with E-state index in [2.05, 4.69) is 39.1 Å². The van der Waals surface area contributed by atoms with E-state index in [9.17, 15) is 0 Å². The van der Waals surface area contributed by atoms with Crippen molar-refractivity contribution >= 4 is 16.9 Å². The van der Waals surface area contributed by atoms with Crippen molar-refractivity contribution in [3.63, 3.8) is 0 Å². The zero-order valence-electron chi connectivity index (χ0n) is 10.8. The summed E-state index contributed by atoms with van der Waals surface area (Å²) in [5.74, 6) is 1.70. The molecule has 5 heteroatoms. The highest BCUT2D eigenvalue weighted by atomic mass is 15.2. The molecule has 0 bridgehead atoms. The fourth-order valence-electron chi connectivity index (χ4n) is 2.79. The van der Waals surface area contributed by atoms with E-state index >= 15 is 0 Å². The highest BCUT2D eigenvalue weighted by Crippen LogP contribution is 2.26. The average molecular weight is 245 g/mol. The minimum absolute atomic E-state index is 0.492. The first kappa shape index (κ1) is 11.5. The van der Waals surface area contributed by atoms with Crippen LogP contribution in [0.2, 0.25) is 0 Å². The Labute approximate surface area is 107 Å². The normalized spacial score (nSPS) is 24.3. The Morgan fingerprint density at radius 1 is 1.39 bits per heavy atom. The van der Waals surface area contributed by atoms with Gasteiger partial charge in [0.15, 0.2) is 0 Å². The number of nitrogens with one attached hydrogen (secondary N) is 2. The topological polar surface area (TPSA) is 56.8 Å². The monoisotopic (exact) mass is 245 g/mol. The standard InChI is InChI=1S/C13H19N5/c1-9-3-5-14-7-11(9)18(2)13-10-4-6-15-12(10)16-8-17-13/h4,6,8-9,11,14H,3,5,7H2,1-2H3,(H,15,16,17)/t9-,11+/m0/s1. The summed E-state index contributed by atoms with van der Waals surface area (Å²) in [7, 11) is 2.13. The van der Waals surface area contributed by atoms with Crippen LogP contribution in [0.3, 0.4) is 0 Å². The highest BCUT2D eigenvalue weighted by Gasteiger charge is 2.26. The molecule has 0 spiro atoms. The first-order valence-corrected chi connectivity index (χ1v) is 6.49. The Balaban J connectivity index is 1.95. The number of hydrogen-bond donors (Lipinski definition) is 2. The number of H-pyrrole nitrogens is 1. The maximum Gasteiger partial charge on any atom is 0.142 e. The van der Waals surface area contributed by atoms with Gasteiger partial charge in [0.05, 0.1) is 5.39 Å². The van der Waals surface area contributed by atoms with Crippen molar-refractivity contribution in [2.75, 3.05) is 25.0 Å². The quantitative estimate of drug-likeness (QED) is 0.839. The molecule has 96 valence electrons. The number of aromatic nitrogens is 3. The molecule has 0 aliphatic carbocycles. The third kappa shape index (κ3) is 1.84. The van der Waals surface area contributed by atoms with Crippen molar-refractivity contribution in [2.45, 2.75) is 19.4 Å². The third-order valence-corrected chi connectivity index (χ3v) is 3.95. The average Bonchev–Trinajstić information content (AvgIpc) is 2.86. The molecule has 1 aliphatic heterocycles. The summed E-state index contributed by atoms with van der Waals surface area (Å²) in [6, 6.07) is 2.54. The van der Waals surface area contributed by atoms with Crippen molar-refractivity contribution in [3.8, 4) is 0 Å². The number of nitrogens with zero attached hydrogens (tertiary/aromatic N) is 3. The molecule has 0 radical (unpaired) electrons. The molecule has 2 aromatic rings. The molecule has 2 N–H and O–H groups in total. The van der Waals surface area contributed by atoms with Crippen molar-refractivity contribution in [1.29, 1.82) is 0 Å². The second-order valence-corrected chi connectivity index (χ2v) is 5.09. The summed E-state index contributed by atoms with van der Waals surface area (Å²) in [4.78, 5) is 14.1. The van der Waals surface area contributed by atoms with Crippen molar-refractivity contribution in [2.24, 2.45) is 5.92 Å². The van der Waals surface area contributed by atoms with Crippen molar-refractivity contribution < 1.29 is 0 Å². The van der Waals surface area contributed by atoms with E-state index in [1.165, 1.54) is 6.42 Å². The number of piperidine rings is 1. The molecule has 0 amide bonds. The summed E-state index contributed by atoms with van der Waals surface area (Å²) < 4.78 is 0. The second-order valence-electron chi connectivity index (χ2n) is 5.09. The number of aromatic amines is 1. The van der Waals surface area contributed by atoms with E-state index in [0.29, 0.717) is 12.0 Å². The minimum Gasteiger partial charge on any atom is -0.354 e. The van der Waals surface area contributed by atoms with Gasteiger partial charge in [0, 0.05) is 25.8 Å². The van der Waals surface area contributed by atoms with Crippen LogP contribution in [-0.2, 0) is 0 Å². The highest BCUT2D eigenvalue weighted by molar-refractivity contribution is 5.87. The van der Waals surface area contributed by atoms with Gasteiger partial charge in [-0.05, 0) is 24.9 Å². The smallest absolute Gasteiger partial charge is 0.142 e. The third-order valence-electron chi connectivity index (χ3n) is 3.95. The molecule has 0 saturated carbocycles. The molecule has 0 aromatic carbocycles. The number of likely N-dealkylation sites (N-methyl/N-ethyl adjacent to an activating group) is 1. The van der Waals surface area contributed by atoms with E-state index in [-0.39, 0.29) is 0 Å². The van der Waals surface area contributed by atoms with Gasteiger partial charge in [-0.15, -0.1) is 0 Å². The molecule has 1 saturated heterocycles. The van der Waals surface area contributed by atoms with Crippen LogP contribution in [0.15, 0.2) is 18.6 Å². The second kappa shape index (κ2) is 4.57. The van der Waals surface area contributed by atoms with Gasteiger partial charge < -0.3 is 15.2 Å². The SMILES string of the molecule is C[C@H]1CCNC[C@H]1N(C)c1ncnc2[nH]ccc12. The summed E-state index contributed by atoms with van der Waals surface area (Å²) >= 11 is 0. The van der Waals surface area contributed by atoms with Gasteiger partial charge in [-0.25, -0.2) is 9.97 Å². The molecule has 2 aromatic heterocycles. The summed E-state index contributed by atoms with van der Waals surface area (Å²) in [6.45, 7) is 4.46. The minimum atomic E-state index is 0.492. The lowest BCUT2D eigenvalue weighted by Gasteiger charge is -2.37. The molecule has 1 aliphatic rings. The zero-order chi connectivity index (χ0) is 12.5. The molecule has 2 atom stereocenters. The maximum absolute atomic E-state index is 4.46. The molecule has 18 heavy (non-hydrogen) atoms. The van der Waals surface area contributed by atoms with Crippen LogP contribution < -0.4 is 10.2 Å². The number of anilines is 1. The number of fused-ring (bicyclic) bond motifs is 1. The number of rotatable bonds is 2. The summed E-state index contributed by atoms with van der Waals surface area (Å²) in [6.07, 6.45) is 4.77. The first-order valence-electron chi connectivity index (χ1n) is 6.49. The van der Waals surface area contributed by atoms with E-state index in [1.807, 2.05) is 12.3 Å². The van der Waals surface area contributed by atoms with Gasteiger partial charge in [0.2, 0.25) is 0 Å². The lowest BCUT2D eigenvalue weighted by atomic mass is 9.93. The Hall–Kier alpha value is -1.62. The van der Waals surface area contributed by atoms with Crippen LogP contribution in [0.5, 0.6) is 0 Å². The Morgan fingerprint density at radius 2 is 2.28 bits per heavy atom. The summed E-state index contributed by atoms with van der Waals surface area (Å²) in [5, 5.41) is 4.56. The molecule has 3 heterocycles. The summed E-state index contributed by atoms with van der Waals surface area (Å²) in [5.41, 5.74) is 0.906. The lowest BCUT2D eigenvalue weighted by molar-refractivity contribution is 0.338. The lowest BCUT2D eigenvalue weighted by Crippen LogP contribution is -2.49. The first-order chi connectivity index (χ1) is 8.77. The van der Waals surface area contributed by atoms with E-state index in [0.717, 1.165) is 29.9 Å². The Kier molecular flexibility index (Phi) is 2.91. The van der Waals surface area contributed by atoms with Crippen LogP contribution in [0.4, 0.5) is 5.82 Å². The Morgan fingerprint density at radius 3 is 3.11 bits per heavy atom. The van der Waals surface area contributed by atoms with E-state index < -0.39 is 0 Å². The molecular formula is C13H19N5. The maximum atomic E-state index is 4.46. The molecule has 3 rings (SSSR count). The van der Waals surface area contributed by atoms with Crippen LogP contribution in [0.25, 0.3) is 11.0 Å². The molecule has 5 nitrogen and oxygen atoms in total. The largest absolute Gasteiger partial charge is 0.354 e. The van der Waals surface area contributed by atoms with Gasteiger partial charge in [-0.2, -0.15) is 0 Å². The predicted molar refractivity (Wildman–Crippen MR) is 72.7 cm³/mol. The Bertz CT molecular complexity index is 535. The fraction of sp³-hybridized carbons (Fsp3) is 0.538. The van der Waals surface area contributed by atoms with Crippen LogP contribution in [-0.4, -0.2) is 41.1 Å².